The Labute approximate surface area is 130 Å². The van der Waals surface area contributed by atoms with Crippen molar-refractivity contribution in [3.63, 3.8) is 0 Å². The molecule has 2 aliphatic rings. The SMILES string of the molecule is O=C(CCN1CCC[C@@H]2CNC[C@@H]21)Nc1ccc(Cl)cc1. The highest BCUT2D eigenvalue weighted by Crippen LogP contribution is 2.26. The molecule has 1 aromatic rings. The minimum Gasteiger partial charge on any atom is -0.326 e. The van der Waals surface area contributed by atoms with E-state index in [9.17, 15) is 4.79 Å². The molecule has 0 spiro atoms. The van der Waals surface area contributed by atoms with Crippen LogP contribution in [-0.2, 0) is 4.79 Å². The summed E-state index contributed by atoms with van der Waals surface area (Å²) in [5.41, 5.74) is 0.809. The van der Waals surface area contributed by atoms with Crippen LogP contribution in [-0.4, -0.2) is 43.0 Å². The lowest BCUT2D eigenvalue weighted by molar-refractivity contribution is -0.116. The number of hydrogen-bond donors (Lipinski definition) is 2. The molecular weight excluding hydrogens is 286 g/mol. The molecule has 0 unspecified atom stereocenters. The Morgan fingerprint density at radius 3 is 2.95 bits per heavy atom. The topological polar surface area (TPSA) is 44.4 Å². The predicted molar refractivity (Wildman–Crippen MR) is 85.7 cm³/mol. The largest absolute Gasteiger partial charge is 0.326 e. The average Bonchev–Trinajstić information content (AvgIpc) is 2.96. The predicted octanol–water partition coefficient (Wildman–Crippen LogP) is 2.35. The van der Waals surface area contributed by atoms with E-state index in [1.54, 1.807) is 12.1 Å². The lowest BCUT2D eigenvalue weighted by Crippen LogP contribution is -2.46. The fourth-order valence-corrected chi connectivity index (χ4v) is 3.57. The Morgan fingerprint density at radius 1 is 1.33 bits per heavy atom. The van der Waals surface area contributed by atoms with Gasteiger partial charge in [-0.1, -0.05) is 11.6 Å². The van der Waals surface area contributed by atoms with E-state index in [4.69, 9.17) is 11.6 Å². The van der Waals surface area contributed by atoms with E-state index in [0.717, 1.165) is 37.8 Å². The zero-order valence-electron chi connectivity index (χ0n) is 12.1. The van der Waals surface area contributed by atoms with Gasteiger partial charge in [-0.15, -0.1) is 0 Å². The number of rotatable bonds is 4. The molecule has 2 N–H and O–H groups in total. The molecule has 2 atom stereocenters. The molecule has 0 radical (unpaired) electrons. The maximum absolute atomic E-state index is 12.0. The van der Waals surface area contributed by atoms with Crippen molar-refractivity contribution in [2.75, 3.05) is 31.5 Å². The second-order valence-electron chi connectivity index (χ2n) is 5.97. The Morgan fingerprint density at radius 2 is 2.14 bits per heavy atom. The van der Waals surface area contributed by atoms with Gasteiger partial charge in [-0.2, -0.15) is 0 Å². The lowest BCUT2D eigenvalue weighted by atomic mass is 9.92. The number of piperidine rings is 1. The first-order chi connectivity index (χ1) is 10.2. The van der Waals surface area contributed by atoms with Gasteiger partial charge >= 0.3 is 0 Å². The van der Waals surface area contributed by atoms with Crippen LogP contribution in [0.4, 0.5) is 5.69 Å². The zero-order valence-corrected chi connectivity index (χ0v) is 12.9. The summed E-state index contributed by atoms with van der Waals surface area (Å²) in [4.78, 5) is 14.5. The van der Waals surface area contributed by atoms with Gasteiger partial charge in [0, 0.05) is 36.3 Å². The first kappa shape index (κ1) is 14.8. The van der Waals surface area contributed by atoms with Gasteiger partial charge in [-0.25, -0.2) is 0 Å². The van der Waals surface area contributed by atoms with Crippen molar-refractivity contribution in [3.05, 3.63) is 29.3 Å². The van der Waals surface area contributed by atoms with Gasteiger partial charge in [0.05, 0.1) is 0 Å². The quantitative estimate of drug-likeness (QED) is 0.897. The van der Waals surface area contributed by atoms with Crippen LogP contribution in [0.5, 0.6) is 0 Å². The molecule has 4 nitrogen and oxygen atoms in total. The number of carbonyl (C=O) groups excluding carboxylic acids is 1. The number of fused-ring (bicyclic) bond motifs is 1. The van der Waals surface area contributed by atoms with Crippen molar-refractivity contribution in [2.24, 2.45) is 5.92 Å². The van der Waals surface area contributed by atoms with Crippen molar-refractivity contribution in [1.29, 1.82) is 0 Å². The number of hydrogen-bond acceptors (Lipinski definition) is 3. The molecule has 5 heteroatoms. The van der Waals surface area contributed by atoms with E-state index in [1.165, 1.54) is 12.8 Å². The van der Waals surface area contributed by atoms with Crippen molar-refractivity contribution in [1.82, 2.24) is 10.2 Å². The fourth-order valence-electron chi connectivity index (χ4n) is 3.44. The molecular formula is C16H22ClN3O. The summed E-state index contributed by atoms with van der Waals surface area (Å²) in [6, 6.07) is 7.87. The first-order valence-corrected chi connectivity index (χ1v) is 8.10. The molecule has 2 heterocycles. The summed E-state index contributed by atoms with van der Waals surface area (Å²) in [7, 11) is 0. The third-order valence-electron chi connectivity index (χ3n) is 4.55. The smallest absolute Gasteiger partial charge is 0.225 e. The molecule has 2 saturated heterocycles. The number of carbonyl (C=O) groups is 1. The minimum atomic E-state index is 0.0744. The van der Waals surface area contributed by atoms with Crippen LogP contribution in [0, 0.1) is 5.92 Å². The summed E-state index contributed by atoms with van der Waals surface area (Å²) >= 11 is 5.84. The highest BCUT2D eigenvalue weighted by atomic mass is 35.5. The van der Waals surface area contributed by atoms with Crippen molar-refractivity contribution in [2.45, 2.75) is 25.3 Å². The molecule has 1 aromatic carbocycles. The lowest BCUT2D eigenvalue weighted by Gasteiger charge is -2.36. The molecule has 0 aliphatic carbocycles. The van der Waals surface area contributed by atoms with E-state index in [-0.39, 0.29) is 5.91 Å². The van der Waals surface area contributed by atoms with Gasteiger partial charge < -0.3 is 10.6 Å². The zero-order chi connectivity index (χ0) is 14.7. The second-order valence-corrected chi connectivity index (χ2v) is 6.41. The number of nitrogens with one attached hydrogen (secondary N) is 2. The molecule has 114 valence electrons. The summed E-state index contributed by atoms with van der Waals surface area (Å²) < 4.78 is 0. The van der Waals surface area contributed by atoms with Crippen LogP contribution >= 0.6 is 11.6 Å². The second kappa shape index (κ2) is 6.77. The molecule has 2 aliphatic heterocycles. The molecule has 21 heavy (non-hydrogen) atoms. The number of halogens is 1. The summed E-state index contributed by atoms with van der Waals surface area (Å²) in [6.07, 6.45) is 3.12. The van der Waals surface area contributed by atoms with Gasteiger partial charge in [0.25, 0.3) is 0 Å². The monoisotopic (exact) mass is 307 g/mol. The standard InChI is InChI=1S/C16H22ClN3O/c17-13-3-5-14(6-4-13)19-16(21)7-9-20-8-1-2-12-10-18-11-15(12)20/h3-6,12,15,18H,1-2,7-11H2,(H,19,21)/t12-,15+/m1/s1. The number of amides is 1. The Hall–Kier alpha value is -1.10. The molecule has 0 saturated carbocycles. The first-order valence-electron chi connectivity index (χ1n) is 7.72. The Kier molecular flexibility index (Phi) is 4.78. The molecule has 3 rings (SSSR count). The molecule has 0 aromatic heterocycles. The van der Waals surface area contributed by atoms with Crippen LogP contribution in [0.3, 0.4) is 0 Å². The van der Waals surface area contributed by atoms with E-state index < -0.39 is 0 Å². The molecule has 1 amide bonds. The normalized spacial score (nSPS) is 25.6. The third kappa shape index (κ3) is 3.76. The van der Waals surface area contributed by atoms with E-state index >= 15 is 0 Å². The third-order valence-corrected chi connectivity index (χ3v) is 4.80. The van der Waals surface area contributed by atoms with Gasteiger partial charge in [0.15, 0.2) is 0 Å². The summed E-state index contributed by atoms with van der Waals surface area (Å²) in [5.74, 6) is 0.850. The number of nitrogens with zero attached hydrogens (tertiary/aromatic N) is 1. The number of likely N-dealkylation sites (tertiary alicyclic amines) is 1. The van der Waals surface area contributed by atoms with Gasteiger partial charge in [0.1, 0.15) is 0 Å². The average molecular weight is 308 g/mol. The van der Waals surface area contributed by atoms with E-state index in [2.05, 4.69) is 15.5 Å². The van der Waals surface area contributed by atoms with Crippen LogP contribution < -0.4 is 10.6 Å². The van der Waals surface area contributed by atoms with Crippen molar-refractivity contribution >= 4 is 23.2 Å². The van der Waals surface area contributed by atoms with Crippen molar-refractivity contribution < 1.29 is 4.79 Å². The number of anilines is 1. The Balaban J connectivity index is 1.48. The summed E-state index contributed by atoms with van der Waals surface area (Å²) in [5, 5.41) is 7.08. The van der Waals surface area contributed by atoms with Crippen LogP contribution in [0.25, 0.3) is 0 Å². The maximum Gasteiger partial charge on any atom is 0.225 e. The van der Waals surface area contributed by atoms with Crippen LogP contribution in [0.1, 0.15) is 19.3 Å². The Bertz CT molecular complexity index is 491. The molecule has 0 bridgehead atoms. The van der Waals surface area contributed by atoms with Gasteiger partial charge in [-0.3, -0.25) is 9.69 Å². The highest BCUT2D eigenvalue weighted by Gasteiger charge is 2.34. The minimum absolute atomic E-state index is 0.0744. The van der Waals surface area contributed by atoms with E-state index in [1.807, 2.05) is 12.1 Å². The maximum atomic E-state index is 12.0. The summed E-state index contributed by atoms with van der Waals surface area (Å²) in [6.45, 7) is 4.18. The van der Waals surface area contributed by atoms with Crippen LogP contribution in [0.2, 0.25) is 5.02 Å². The fraction of sp³-hybridized carbons (Fsp3) is 0.562. The van der Waals surface area contributed by atoms with Crippen LogP contribution in [0.15, 0.2) is 24.3 Å². The van der Waals surface area contributed by atoms with E-state index in [0.29, 0.717) is 17.5 Å². The highest BCUT2D eigenvalue weighted by molar-refractivity contribution is 6.30. The number of benzene rings is 1. The van der Waals surface area contributed by atoms with Gasteiger partial charge in [0.2, 0.25) is 5.91 Å². The molecule has 2 fully saturated rings. The van der Waals surface area contributed by atoms with Crippen molar-refractivity contribution in [3.8, 4) is 0 Å². The van der Waals surface area contributed by atoms with Gasteiger partial charge in [-0.05, 0) is 56.1 Å².